The molecule has 2 rings (SSSR count). The highest BCUT2D eigenvalue weighted by Gasteiger charge is 2.18. The van der Waals surface area contributed by atoms with E-state index in [0.717, 1.165) is 37.0 Å². The minimum Gasteiger partial charge on any atom is -0.489 e. The number of nitrogens with one attached hydrogen (secondary N) is 3. The second kappa shape index (κ2) is 12.9. The molecule has 0 spiro atoms. The number of ether oxygens (including phenoxy) is 1. The van der Waals surface area contributed by atoms with Crippen molar-refractivity contribution in [2.75, 3.05) is 19.6 Å². The number of amides is 2. The summed E-state index contributed by atoms with van der Waals surface area (Å²) < 4.78 is 6.12. The van der Waals surface area contributed by atoms with Gasteiger partial charge in [-0.2, -0.15) is 0 Å². The average Bonchev–Trinajstić information content (AvgIpc) is 3.57. The summed E-state index contributed by atoms with van der Waals surface area (Å²) in [5, 5.41) is 8.67. The monoisotopic (exact) mass is 429 g/mol. The van der Waals surface area contributed by atoms with Crippen LogP contribution < -0.4 is 20.7 Å². The molecular weight excluding hydrogens is 394 g/mol. The summed E-state index contributed by atoms with van der Waals surface area (Å²) in [6.45, 7) is 6.44. The third-order valence-corrected chi connectivity index (χ3v) is 5.02. The summed E-state index contributed by atoms with van der Waals surface area (Å²) in [6, 6.07) is 7.63. The van der Waals surface area contributed by atoms with E-state index in [1.54, 1.807) is 13.8 Å². The Hall–Kier alpha value is -2.67. The Labute approximate surface area is 185 Å². The number of rotatable bonds is 14. The SMILES string of the molecule is CCC(=O)NCC(=O)NCCCc1ccccc1OC(C)CNC(C=C1CC1)C(C)=O. The summed E-state index contributed by atoms with van der Waals surface area (Å²) in [5.41, 5.74) is 2.41. The maximum Gasteiger partial charge on any atom is 0.239 e. The van der Waals surface area contributed by atoms with E-state index >= 15 is 0 Å². The number of carbonyl (C=O) groups excluding carboxylic acids is 3. The van der Waals surface area contributed by atoms with Gasteiger partial charge in [0.15, 0.2) is 5.78 Å². The van der Waals surface area contributed by atoms with E-state index in [4.69, 9.17) is 4.74 Å². The molecule has 1 aliphatic rings. The standard InChI is InChI=1S/C24H35N3O4/c1-4-23(29)27-16-24(30)25-13-7-9-20-8-5-6-10-22(20)31-17(2)15-26-21(18(3)28)14-19-11-12-19/h5-6,8,10,14,17,21,26H,4,7,9,11-13,15-16H2,1-3H3,(H,25,30)(H,27,29). The van der Waals surface area contributed by atoms with Crippen molar-refractivity contribution < 1.29 is 19.1 Å². The molecule has 1 aromatic rings. The molecule has 1 saturated carbocycles. The van der Waals surface area contributed by atoms with Gasteiger partial charge in [0.25, 0.3) is 0 Å². The third kappa shape index (κ3) is 9.79. The zero-order valence-corrected chi connectivity index (χ0v) is 18.8. The van der Waals surface area contributed by atoms with Crippen LogP contribution in [0.25, 0.3) is 0 Å². The van der Waals surface area contributed by atoms with Crippen LogP contribution in [-0.2, 0) is 20.8 Å². The molecule has 7 heteroatoms. The topological polar surface area (TPSA) is 96.5 Å². The smallest absolute Gasteiger partial charge is 0.239 e. The molecule has 0 heterocycles. The van der Waals surface area contributed by atoms with Crippen LogP contribution in [0.15, 0.2) is 35.9 Å². The zero-order valence-electron chi connectivity index (χ0n) is 18.8. The molecule has 0 aliphatic heterocycles. The zero-order chi connectivity index (χ0) is 22.6. The number of hydrogen-bond donors (Lipinski definition) is 3. The Morgan fingerprint density at radius 3 is 2.55 bits per heavy atom. The van der Waals surface area contributed by atoms with Crippen LogP contribution in [0.4, 0.5) is 0 Å². The first-order chi connectivity index (χ1) is 14.9. The fraction of sp³-hybridized carbons (Fsp3) is 0.542. The fourth-order valence-electron chi connectivity index (χ4n) is 3.04. The second-order valence-electron chi connectivity index (χ2n) is 7.94. The van der Waals surface area contributed by atoms with Gasteiger partial charge in [-0.15, -0.1) is 0 Å². The molecule has 1 fully saturated rings. The molecule has 0 aromatic heterocycles. The van der Waals surface area contributed by atoms with Crippen molar-refractivity contribution in [1.82, 2.24) is 16.0 Å². The van der Waals surface area contributed by atoms with Gasteiger partial charge in [0, 0.05) is 19.5 Å². The Morgan fingerprint density at radius 1 is 1.13 bits per heavy atom. The molecule has 2 amide bonds. The molecule has 0 radical (unpaired) electrons. The number of allylic oxidation sites excluding steroid dienone is 1. The van der Waals surface area contributed by atoms with E-state index in [1.165, 1.54) is 5.57 Å². The van der Waals surface area contributed by atoms with Gasteiger partial charge in [0.05, 0.1) is 12.6 Å². The Morgan fingerprint density at radius 2 is 1.87 bits per heavy atom. The molecule has 7 nitrogen and oxygen atoms in total. The number of carbonyl (C=O) groups is 3. The van der Waals surface area contributed by atoms with Crippen molar-refractivity contribution in [2.45, 2.75) is 65.0 Å². The fourth-order valence-corrected chi connectivity index (χ4v) is 3.04. The first-order valence-corrected chi connectivity index (χ1v) is 11.1. The molecule has 0 saturated heterocycles. The molecule has 3 N–H and O–H groups in total. The van der Waals surface area contributed by atoms with Gasteiger partial charge in [-0.25, -0.2) is 0 Å². The number of para-hydroxylation sites is 1. The Kier molecular flexibility index (Phi) is 10.2. The molecular formula is C24H35N3O4. The summed E-state index contributed by atoms with van der Waals surface area (Å²) in [6.07, 6.45) is 6.02. The first kappa shape index (κ1) is 24.6. The highest BCUT2D eigenvalue weighted by atomic mass is 16.5. The maximum atomic E-state index is 11.8. The van der Waals surface area contributed by atoms with Crippen LogP contribution in [0.3, 0.4) is 0 Å². The summed E-state index contributed by atoms with van der Waals surface area (Å²) >= 11 is 0. The lowest BCUT2D eigenvalue weighted by molar-refractivity contribution is -0.125. The van der Waals surface area contributed by atoms with Crippen LogP contribution in [-0.4, -0.2) is 49.4 Å². The normalized spacial score (nSPS) is 14.4. The van der Waals surface area contributed by atoms with E-state index in [9.17, 15) is 14.4 Å². The molecule has 31 heavy (non-hydrogen) atoms. The molecule has 2 atom stereocenters. The lowest BCUT2D eigenvalue weighted by Gasteiger charge is -2.20. The number of benzene rings is 1. The van der Waals surface area contributed by atoms with Crippen molar-refractivity contribution in [2.24, 2.45) is 0 Å². The second-order valence-corrected chi connectivity index (χ2v) is 7.94. The highest BCUT2D eigenvalue weighted by Crippen LogP contribution is 2.28. The third-order valence-electron chi connectivity index (χ3n) is 5.02. The number of Topliss-reactive ketones (excluding diaryl/α,β-unsaturated/α-hetero) is 1. The summed E-state index contributed by atoms with van der Waals surface area (Å²) in [5.74, 6) is 0.609. The van der Waals surface area contributed by atoms with E-state index in [0.29, 0.717) is 19.5 Å². The van der Waals surface area contributed by atoms with Crippen molar-refractivity contribution in [3.05, 3.63) is 41.5 Å². The minimum absolute atomic E-state index is 0.00875. The van der Waals surface area contributed by atoms with Gasteiger partial charge in [0.2, 0.25) is 11.8 Å². The summed E-state index contributed by atoms with van der Waals surface area (Å²) in [7, 11) is 0. The van der Waals surface area contributed by atoms with Crippen molar-refractivity contribution in [1.29, 1.82) is 0 Å². The quantitative estimate of drug-likeness (QED) is 0.311. The molecule has 1 aliphatic carbocycles. The van der Waals surface area contributed by atoms with Crippen molar-refractivity contribution in [3.63, 3.8) is 0 Å². The number of ketones is 1. The molecule has 2 unspecified atom stereocenters. The Bertz CT molecular complexity index is 785. The van der Waals surface area contributed by atoms with Crippen molar-refractivity contribution in [3.8, 4) is 5.75 Å². The van der Waals surface area contributed by atoms with E-state index in [-0.39, 0.29) is 36.3 Å². The van der Waals surface area contributed by atoms with Crippen molar-refractivity contribution >= 4 is 17.6 Å². The molecule has 0 bridgehead atoms. The largest absolute Gasteiger partial charge is 0.489 e. The van der Waals surface area contributed by atoms with Gasteiger partial charge >= 0.3 is 0 Å². The van der Waals surface area contributed by atoms with E-state index in [1.807, 2.05) is 37.3 Å². The predicted octanol–water partition coefficient (Wildman–Crippen LogP) is 2.30. The average molecular weight is 430 g/mol. The summed E-state index contributed by atoms with van der Waals surface area (Å²) in [4.78, 5) is 34.8. The lowest BCUT2D eigenvalue weighted by Crippen LogP contribution is -2.39. The van der Waals surface area contributed by atoms with Crippen LogP contribution >= 0.6 is 0 Å². The Balaban J connectivity index is 1.75. The molecule has 170 valence electrons. The van der Waals surface area contributed by atoms with E-state index < -0.39 is 0 Å². The lowest BCUT2D eigenvalue weighted by atomic mass is 10.1. The van der Waals surface area contributed by atoms with Gasteiger partial charge in [-0.3, -0.25) is 14.4 Å². The van der Waals surface area contributed by atoms with Gasteiger partial charge in [-0.1, -0.05) is 36.8 Å². The van der Waals surface area contributed by atoms with Crippen LogP contribution in [0.2, 0.25) is 0 Å². The maximum absolute atomic E-state index is 11.8. The van der Waals surface area contributed by atoms with Crippen LogP contribution in [0.1, 0.15) is 52.0 Å². The molecule has 1 aromatic carbocycles. The predicted molar refractivity (Wildman–Crippen MR) is 121 cm³/mol. The van der Waals surface area contributed by atoms with Crippen LogP contribution in [0.5, 0.6) is 5.75 Å². The minimum atomic E-state index is -0.246. The van der Waals surface area contributed by atoms with Gasteiger partial charge < -0.3 is 20.7 Å². The number of aryl methyl sites for hydroxylation is 1. The van der Waals surface area contributed by atoms with Gasteiger partial charge in [0.1, 0.15) is 11.9 Å². The van der Waals surface area contributed by atoms with Crippen LogP contribution in [0, 0.1) is 0 Å². The highest BCUT2D eigenvalue weighted by molar-refractivity contribution is 5.84. The van der Waals surface area contributed by atoms with Gasteiger partial charge in [-0.05, 0) is 51.2 Å². The van der Waals surface area contributed by atoms with E-state index in [2.05, 4.69) is 16.0 Å². The first-order valence-electron chi connectivity index (χ1n) is 11.1. The number of hydrogen-bond acceptors (Lipinski definition) is 5.